The van der Waals surface area contributed by atoms with Crippen molar-refractivity contribution in [2.24, 2.45) is 0 Å². The molecule has 0 radical (unpaired) electrons. The monoisotopic (exact) mass is 465 g/mol. The number of amides is 1. The van der Waals surface area contributed by atoms with E-state index in [4.69, 9.17) is 4.74 Å². The van der Waals surface area contributed by atoms with Crippen molar-refractivity contribution in [2.45, 2.75) is 32.6 Å². The summed E-state index contributed by atoms with van der Waals surface area (Å²) < 4.78 is 5.84. The number of anilines is 1. The first-order valence-electron chi connectivity index (χ1n) is 11.4. The second-order valence-electron chi connectivity index (χ2n) is 8.16. The van der Waals surface area contributed by atoms with Crippen LogP contribution in [-0.4, -0.2) is 69.0 Å². The van der Waals surface area contributed by atoms with Gasteiger partial charge in [-0.2, -0.15) is 15.4 Å². The van der Waals surface area contributed by atoms with Crippen LogP contribution in [0.15, 0.2) is 29.9 Å². The van der Waals surface area contributed by atoms with Gasteiger partial charge in [0.1, 0.15) is 28.2 Å². The van der Waals surface area contributed by atoms with Crippen molar-refractivity contribution in [2.75, 3.05) is 37.7 Å². The Morgan fingerprint density at radius 2 is 2.06 bits per heavy atom. The largest absolute Gasteiger partial charge is 0.491 e. The van der Waals surface area contributed by atoms with E-state index in [1.54, 1.807) is 17.7 Å². The molecule has 1 N–H and O–H groups in total. The number of aromatic nitrogens is 5. The van der Waals surface area contributed by atoms with Crippen molar-refractivity contribution in [1.29, 1.82) is 0 Å². The third-order valence-corrected chi connectivity index (χ3v) is 6.92. The predicted molar refractivity (Wildman–Crippen MR) is 129 cm³/mol. The van der Waals surface area contributed by atoms with Crippen molar-refractivity contribution in [3.05, 3.63) is 35.5 Å². The molecule has 0 bridgehead atoms. The molecule has 1 aliphatic rings. The van der Waals surface area contributed by atoms with Crippen molar-refractivity contribution < 1.29 is 9.53 Å². The van der Waals surface area contributed by atoms with Gasteiger partial charge in [-0.15, -0.1) is 11.3 Å². The Morgan fingerprint density at radius 1 is 1.18 bits per heavy atom. The molecule has 0 aliphatic carbocycles. The number of aromatic amines is 1. The predicted octanol–water partition coefficient (Wildman–Crippen LogP) is 3.42. The van der Waals surface area contributed by atoms with Crippen LogP contribution < -0.4 is 9.64 Å². The average Bonchev–Trinajstić information content (AvgIpc) is 3.50. The minimum absolute atomic E-state index is 0.174. The first kappa shape index (κ1) is 21.6. The molecule has 4 heterocycles. The normalized spacial score (nSPS) is 14.3. The first-order chi connectivity index (χ1) is 16.2. The van der Waals surface area contributed by atoms with E-state index in [1.807, 2.05) is 23.1 Å². The molecule has 5 rings (SSSR count). The van der Waals surface area contributed by atoms with E-state index in [0.29, 0.717) is 43.8 Å². The number of rotatable bonds is 8. The molecule has 9 nitrogen and oxygen atoms in total. The third-order valence-electron chi connectivity index (χ3n) is 5.98. The molecule has 10 heteroatoms. The number of piperazine rings is 1. The Labute approximate surface area is 195 Å². The molecule has 1 amide bonds. The zero-order valence-electron chi connectivity index (χ0n) is 18.7. The van der Waals surface area contributed by atoms with Crippen LogP contribution in [0, 0.1) is 0 Å². The highest BCUT2D eigenvalue weighted by Crippen LogP contribution is 2.32. The van der Waals surface area contributed by atoms with Crippen LogP contribution in [0.25, 0.3) is 21.3 Å². The SMILES string of the molecule is CCCc1csc2ncnc(N3CCN(C(=O)CCCOc4cccc5n[nH]nc45)CC3)c12. The van der Waals surface area contributed by atoms with Gasteiger partial charge in [-0.3, -0.25) is 4.79 Å². The minimum Gasteiger partial charge on any atom is -0.491 e. The molecule has 1 saturated heterocycles. The lowest BCUT2D eigenvalue weighted by atomic mass is 10.1. The van der Waals surface area contributed by atoms with Gasteiger partial charge in [0.2, 0.25) is 5.91 Å². The van der Waals surface area contributed by atoms with E-state index in [0.717, 1.165) is 42.1 Å². The summed E-state index contributed by atoms with van der Waals surface area (Å²) in [5.74, 6) is 1.87. The van der Waals surface area contributed by atoms with Crippen LogP contribution in [0.1, 0.15) is 31.7 Å². The van der Waals surface area contributed by atoms with Gasteiger partial charge in [0.25, 0.3) is 0 Å². The van der Waals surface area contributed by atoms with E-state index in [1.165, 1.54) is 10.9 Å². The number of nitrogens with one attached hydrogen (secondary N) is 1. The summed E-state index contributed by atoms with van der Waals surface area (Å²) in [5.41, 5.74) is 2.81. The van der Waals surface area contributed by atoms with Gasteiger partial charge in [0.05, 0.1) is 12.0 Å². The fraction of sp³-hybridized carbons (Fsp3) is 0.435. The number of H-pyrrole nitrogens is 1. The molecule has 0 unspecified atom stereocenters. The van der Waals surface area contributed by atoms with Gasteiger partial charge in [0.15, 0.2) is 5.52 Å². The summed E-state index contributed by atoms with van der Waals surface area (Å²) in [4.78, 5) is 27.1. The number of hydrogen-bond acceptors (Lipinski definition) is 8. The summed E-state index contributed by atoms with van der Waals surface area (Å²) in [6, 6.07) is 5.64. The smallest absolute Gasteiger partial charge is 0.222 e. The second-order valence-corrected chi connectivity index (χ2v) is 9.01. The van der Waals surface area contributed by atoms with Gasteiger partial charge in [-0.05, 0) is 35.9 Å². The van der Waals surface area contributed by atoms with E-state index < -0.39 is 0 Å². The van der Waals surface area contributed by atoms with Crippen LogP contribution >= 0.6 is 11.3 Å². The van der Waals surface area contributed by atoms with Crippen LogP contribution in [0.4, 0.5) is 5.82 Å². The molecule has 0 spiro atoms. The number of thiophene rings is 1. The van der Waals surface area contributed by atoms with Gasteiger partial charge < -0.3 is 14.5 Å². The molecule has 172 valence electrons. The Bertz CT molecular complexity index is 1250. The maximum atomic E-state index is 12.7. The number of hydrogen-bond donors (Lipinski definition) is 1. The molecule has 0 saturated carbocycles. The number of fused-ring (bicyclic) bond motifs is 2. The highest BCUT2D eigenvalue weighted by atomic mass is 32.1. The lowest BCUT2D eigenvalue weighted by molar-refractivity contribution is -0.131. The summed E-state index contributed by atoms with van der Waals surface area (Å²) in [5, 5.41) is 14.2. The topological polar surface area (TPSA) is 100 Å². The van der Waals surface area contributed by atoms with Gasteiger partial charge in [-0.25, -0.2) is 9.97 Å². The van der Waals surface area contributed by atoms with Crippen LogP contribution in [0.3, 0.4) is 0 Å². The number of aryl methyl sites for hydroxylation is 1. The van der Waals surface area contributed by atoms with E-state index in [9.17, 15) is 4.79 Å². The van der Waals surface area contributed by atoms with Gasteiger partial charge in [0, 0.05) is 32.6 Å². The maximum Gasteiger partial charge on any atom is 0.222 e. The van der Waals surface area contributed by atoms with E-state index in [-0.39, 0.29) is 5.91 Å². The number of carbonyl (C=O) groups excluding carboxylic acids is 1. The molecule has 1 aromatic carbocycles. The average molecular weight is 466 g/mol. The van der Waals surface area contributed by atoms with Gasteiger partial charge >= 0.3 is 0 Å². The number of carbonyl (C=O) groups is 1. The highest BCUT2D eigenvalue weighted by molar-refractivity contribution is 7.17. The van der Waals surface area contributed by atoms with E-state index in [2.05, 4.69) is 42.6 Å². The Balaban J connectivity index is 1.13. The third kappa shape index (κ3) is 4.47. The summed E-state index contributed by atoms with van der Waals surface area (Å²) in [6.07, 6.45) is 4.92. The van der Waals surface area contributed by atoms with Crippen LogP contribution in [-0.2, 0) is 11.2 Å². The molecule has 4 aromatic rings. The molecule has 3 aromatic heterocycles. The standard InChI is InChI=1S/C23H27N7O2S/c1-2-5-16-14-33-23-20(16)22(24-15-25-23)30-11-9-29(10-12-30)19(31)8-4-13-32-18-7-3-6-17-21(18)27-28-26-17/h3,6-7,14-15H,2,4-5,8-13H2,1H3,(H,26,27,28). The van der Waals surface area contributed by atoms with E-state index >= 15 is 0 Å². The minimum atomic E-state index is 0.174. The molecule has 1 fully saturated rings. The second kappa shape index (κ2) is 9.70. The fourth-order valence-electron chi connectivity index (χ4n) is 4.30. The van der Waals surface area contributed by atoms with Crippen molar-refractivity contribution >= 4 is 44.3 Å². The molecule has 0 atom stereocenters. The molecular weight excluding hydrogens is 438 g/mol. The van der Waals surface area contributed by atoms with Crippen molar-refractivity contribution in [3.63, 3.8) is 0 Å². The zero-order valence-corrected chi connectivity index (χ0v) is 19.5. The first-order valence-corrected chi connectivity index (χ1v) is 12.3. The number of benzene rings is 1. The van der Waals surface area contributed by atoms with Crippen LogP contribution in [0.2, 0.25) is 0 Å². The molecular formula is C23H27N7O2S. The van der Waals surface area contributed by atoms with Crippen molar-refractivity contribution in [3.8, 4) is 5.75 Å². The number of ether oxygens (including phenoxy) is 1. The molecule has 33 heavy (non-hydrogen) atoms. The lowest BCUT2D eigenvalue weighted by Gasteiger charge is -2.35. The van der Waals surface area contributed by atoms with Crippen molar-refractivity contribution in [1.82, 2.24) is 30.3 Å². The molecule has 1 aliphatic heterocycles. The Hall–Kier alpha value is -3.27. The van der Waals surface area contributed by atoms with Crippen LogP contribution in [0.5, 0.6) is 5.75 Å². The maximum absolute atomic E-state index is 12.7. The Kier molecular flexibility index (Phi) is 6.34. The summed E-state index contributed by atoms with van der Waals surface area (Å²) >= 11 is 1.68. The number of para-hydroxylation sites is 1. The highest BCUT2D eigenvalue weighted by Gasteiger charge is 2.24. The van der Waals surface area contributed by atoms with Gasteiger partial charge in [-0.1, -0.05) is 19.4 Å². The summed E-state index contributed by atoms with van der Waals surface area (Å²) in [6.45, 7) is 5.63. The number of nitrogens with zero attached hydrogens (tertiary/aromatic N) is 6. The summed E-state index contributed by atoms with van der Waals surface area (Å²) in [7, 11) is 0. The quantitative estimate of drug-likeness (QED) is 0.398. The lowest BCUT2D eigenvalue weighted by Crippen LogP contribution is -2.49. The fourth-order valence-corrected chi connectivity index (χ4v) is 5.24. The Morgan fingerprint density at radius 3 is 2.91 bits per heavy atom. The zero-order chi connectivity index (χ0) is 22.6.